The SMILES string of the molecule is CCCCCN1C(=O)C(c2ccc(C)cc2)=C(N2CCC(C)CC2)C1=O. The minimum Gasteiger partial charge on any atom is -0.366 e. The van der Waals surface area contributed by atoms with Gasteiger partial charge in [-0.1, -0.05) is 56.5 Å². The minimum absolute atomic E-state index is 0.101. The highest BCUT2D eigenvalue weighted by molar-refractivity contribution is 6.35. The van der Waals surface area contributed by atoms with E-state index in [-0.39, 0.29) is 11.8 Å². The summed E-state index contributed by atoms with van der Waals surface area (Å²) in [5, 5.41) is 0. The summed E-state index contributed by atoms with van der Waals surface area (Å²) in [6.45, 7) is 8.65. The quantitative estimate of drug-likeness (QED) is 0.573. The molecule has 1 fully saturated rings. The first-order chi connectivity index (χ1) is 12.5. The molecule has 140 valence electrons. The van der Waals surface area contributed by atoms with Gasteiger partial charge in [-0.2, -0.15) is 0 Å². The molecule has 0 aromatic heterocycles. The van der Waals surface area contributed by atoms with E-state index in [0.29, 0.717) is 23.7 Å². The standard InChI is InChI=1S/C22H30N2O2/c1-4-5-6-13-24-21(25)19(18-9-7-16(2)8-10-18)20(22(24)26)23-14-11-17(3)12-15-23/h7-10,17H,4-6,11-15H2,1-3H3. The van der Waals surface area contributed by atoms with Crippen molar-refractivity contribution in [3.05, 3.63) is 41.1 Å². The van der Waals surface area contributed by atoms with Crippen molar-refractivity contribution in [1.29, 1.82) is 0 Å². The van der Waals surface area contributed by atoms with E-state index in [1.165, 1.54) is 4.90 Å². The Kier molecular flexibility index (Phi) is 5.80. The van der Waals surface area contributed by atoms with Gasteiger partial charge in [0.1, 0.15) is 5.70 Å². The van der Waals surface area contributed by atoms with Crippen LogP contribution < -0.4 is 0 Å². The van der Waals surface area contributed by atoms with Crippen LogP contribution in [0.5, 0.6) is 0 Å². The van der Waals surface area contributed by atoms with Crippen LogP contribution in [0, 0.1) is 12.8 Å². The molecule has 0 atom stereocenters. The monoisotopic (exact) mass is 354 g/mol. The zero-order valence-corrected chi connectivity index (χ0v) is 16.3. The van der Waals surface area contributed by atoms with Gasteiger partial charge in [0.25, 0.3) is 11.8 Å². The lowest BCUT2D eigenvalue weighted by Crippen LogP contribution is -2.38. The second kappa shape index (κ2) is 8.07. The third-order valence-electron chi connectivity index (χ3n) is 5.57. The van der Waals surface area contributed by atoms with Crippen LogP contribution in [0.3, 0.4) is 0 Å². The second-order valence-electron chi connectivity index (χ2n) is 7.73. The van der Waals surface area contributed by atoms with Crippen molar-refractivity contribution in [3.63, 3.8) is 0 Å². The van der Waals surface area contributed by atoms with E-state index in [1.54, 1.807) is 0 Å². The molecule has 0 spiro atoms. The van der Waals surface area contributed by atoms with Gasteiger partial charge in [-0.3, -0.25) is 14.5 Å². The Balaban J connectivity index is 1.95. The molecule has 0 unspecified atom stereocenters. The van der Waals surface area contributed by atoms with Crippen LogP contribution in [0.2, 0.25) is 0 Å². The lowest BCUT2D eigenvalue weighted by atomic mass is 9.97. The van der Waals surface area contributed by atoms with Crippen LogP contribution >= 0.6 is 0 Å². The molecular formula is C22H30N2O2. The lowest BCUT2D eigenvalue weighted by molar-refractivity contribution is -0.137. The summed E-state index contributed by atoms with van der Waals surface area (Å²) >= 11 is 0. The molecule has 4 heteroatoms. The van der Waals surface area contributed by atoms with E-state index in [2.05, 4.69) is 18.7 Å². The Bertz CT molecular complexity index is 697. The van der Waals surface area contributed by atoms with E-state index in [1.807, 2.05) is 31.2 Å². The topological polar surface area (TPSA) is 40.6 Å². The molecule has 0 N–H and O–H groups in total. The number of unbranched alkanes of at least 4 members (excludes halogenated alkanes) is 2. The number of imide groups is 1. The number of piperidine rings is 1. The molecule has 1 aromatic carbocycles. The highest BCUT2D eigenvalue weighted by Crippen LogP contribution is 2.34. The summed E-state index contributed by atoms with van der Waals surface area (Å²) in [5.74, 6) is 0.461. The predicted molar refractivity (Wildman–Crippen MR) is 104 cm³/mol. The van der Waals surface area contributed by atoms with E-state index >= 15 is 0 Å². The van der Waals surface area contributed by atoms with Gasteiger partial charge in [-0.15, -0.1) is 0 Å². The third kappa shape index (κ3) is 3.69. The smallest absolute Gasteiger partial charge is 0.277 e. The summed E-state index contributed by atoms with van der Waals surface area (Å²) in [6.07, 6.45) is 5.13. The molecule has 0 radical (unpaired) electrons. The maximum atomic E-state index is 13.1. The van der Waals surface area contributed by atoms with Crippen molar-refractivity contribution in [2.24, 2.45) is 5.92 Å². The summed E-state index contributed by atoms with van der Waals surface area (Å²) in [7, 11) is 0. The van der Waals surface area contributed by atoms with Crippen LogP contribution in [0.25, 0.3) is 5.57 Å². The van der Waals surface area contributed by atoms with Crippen LogP contribution in [-0.2, 0) is 9.59 Å². The molecule has 26 heavy (non-hydrogen) atoms. The van der Waals surface area contributed by atoms with Gasteiger partial charge in [-0.05, 0) is 37.7 Å². The Morgan fingerprint density at radius 2 is 1.65 bits per heavy atom. The highest BCUT2D eigenvalue weighted by atomic mass is 16.2. The van der Waals surface area contributed by atoms with Gasteiger partial charge in [0.2, 0.25) is 0 Å². The number of carbonyl (C=O) groups is 2. The van der Waals surface area contributed by atoms with Crippen molar-refractivity contribution in [2.75, 3.05) is 19.6 Å². The van der Waals surface area contributed by atoms with Crippen molar-refractivity contribution in [3.8, 4) is 0 Å². The van der Waals surface area contributed by atoms with Gasteiger partial charge in [-0.25, -0.2) is 0 Å². The van der Waals surface area contributed by atoms with Gasteiger partial charge in [0.15, 0.2) is 0 Å². The number of rotatable bonds is 6. The zero-order chi connectivity index (χ0) is 18.7. The fourth-order valence-electron chi connectivity index (χ4n) is 3.79. The molecule has 0 saturated carbocycles. The Morgan fingerprint density at radius 1 is 1.00 bits per heavy atom. The number of benzene rings is 1. The van der Waals surface area contributed by atoms with Crippen molar-refractivity contribution >= 4 is 17.4 Å². The van der Waals surface area contributed by atoms with Crippen LogP contribution in [0.4, 0.5) is 0 Å². The molecule has 4 nitrogen and oxygen atoms in total. The third-order valence-corrected chi connectivity index (χ3v) is 5.57. The first-order valence-electron chi connectivity index (χ1n) is 9.95. The predicted octanol–water partition coefficient (Wildman–Crippen LogP) is 4.00. The fraction of sp³-hybridized carbons (Fsp3) is 0.545. The summed E-state index contributed by atoms with van der Waals surface area (Å²) in [5.41, 5.74) is 3.24. The first kappa shape index (κ1) is 18.7. The van der Waals surface area contributed by atoms with Crippen molar-refractivity contribution < 1.29 is 9.59 Å². The molecule has 0 bridgehead atoms. The van der Waals surface area contributed by atoms with Crippen LogP contribution in [-0.4, -0.2) is 41.2 Å². The molecule has 2 aliphatic heterocycles. The molecular weight excluding hydrogens is 324 g/mol. The first-order valence-corrected chi connectivity index (χ1v) is 9.95. The maximum Gasteiger partial charge on any atom is 0.277 e. The Morgan fingerprint density at radius 3 is 2.27 bits per heavy atom. The van der Waals surface area contributed by atoms with Crippen LogP contribution in [0.15, 0.2) is 30.0 Å². The molecule has 2 amide bonds. The van der Waals surface area contributed by atoms with E-state index in [0.717, 1.165) is 56.3 Å². The van der Waals surface area contributed by atoms with Crippen molar-refractivity contribution in [1.82, 2.24) is 9.80 Å². The lowest BCUT2D eigenvalue weighted by Gasteiger charge is -2.32. The largest absolute Gasteiger partial charge is 0.366 e. The highest BCUT2D eigenvalue weighted by Gasteiger charge is 2.41. The number of aryl methyl sites for hydroxylation is 1. The van der Waals surface area contributed by atoms with Gasteiger partial charge >= 0.3 is 0 Å². The average Bonchev–Trinajstić information content (AvgIpc) is 2.88. The van der Waals surface area contributed by atoms with Gasteiger partial charge < -0.3 is 4.90 Å². The normalized spacial score (nSPS) is 19.0. The van der Waals surface area contributed by atoms with E-state index in [9.17, 15) is 9.59 Å². The fourth-order valence-corrected chi connectivity index (χ4v) is 3.79. The second-order valence-corrected chi connectivity index (χ2v) is 7.73. The van der Waals surface area contributed by atoms with Crippen molar-refractivity contribution in [2.45, 2.75) is 52.9 Å². The minimum atomic E-state index is -0.122. The Hall–Kier alpha value is -2.10. The van der Waals surface area contributed by atoms with Gasteiger partial charge in [0.05, 0.1) is 5.57 Å². The Labute approximate surface area is 156 Å². The molecule has 0 aliphatic carbocycles. The van der Waals surface area contributed by atoms with E-state index in [4.69, 9.17) is 0 Å². The summed E-state index contributed by atoms with van der Waals surface area (Å²) in [6, 6.07) is 7.96. The number of likely N-dealkylation sites (tertiary alicyclic amines) is 1. The number of nitrogens with zero attached hydrogens (tertiary/aromatic N) is 2. The molecule has 3 rings (SSSR count). The summed E-state index contributed by atoms with van der Waals surface area (Å²) < 4.78 is 0. The molecule has 1 aromatic rings. The zero-order valence-electron chi connectivity index (χ0n) is 16.3. The van der Waals surface area contributed by atoms with Gasteiger partial charge in [0, 0.05) is 19.6 Å². The molecule has 1 saturated heterocycles. The summed E-state index contributed by atoms with van der Waals surface area (Å²) in [4.78, 5) is 29.9. The van der Waals surface area contributed by atoms with E-state index < -0.39 is 0 Å². The van der Waals surface area contributed by atoms with Crippen LogP contribution in [0.1, 0.15) is 57.1 Å². The molecule has 2 heterocycles. The average molecular weight is 354 g/mol. The molecule has 2 aliphatic rings. The number of amides is 2. The number of hydrogen-bond acceptors (Lipinski definition) is 3. The number of hydrogen-bond donors (Lipinski definition) is 0. The maximum absolute atomic E-state index is 13.1. The number of carbonyl (C=O) groups excluding carboxylic acids is 2.